The molecule has 106 valence electrons. The third-order valence-electron chi connectivity index (χ3n) is 4.17. The Bertz CT molecular complexity index is 628. The molecule has 0 saturated heterocycles. The molecular formula is C17H21ClN2. The molecule has 3 rings (SSSR count). The Kier molecular flexibility index (Phi) is 3.39. The van der Waals surface area contributed by atoms with E-state index in [1.165, 1.54) is 16.8 Å². The van der Waals surface area contributed by atoms with Crippen LogP contribution in [0.4, 0.5) is 0 Å². The summed E-state index contributed by atoms with van der Waals surface area (Å²) in [4.78, 5) is 0. The Morgan fingerprint density at radius 3 is 2.90 bits per heavy atom. The van der Waals surface area contributed by atoms with E-state index in [0.717, 1.165) is 24.4 Å². The Morgan fingerprint density at radius 2 is 2.15 bits per heavy atom. The van der Waals surface area contributed by atoms with Crippen molar-refractivity contribution in [2.45, 2.75) is 39.3 Å². The molecule has 1 aliphatic rings. The molecule has 1 unspecified atom stereocenters. The standard InChI is InChI=1S/C17H21ClN2/c1-17(2)9-15(19)14-6-7-20(16(14)10-17)11-12-4-3-5-13(18)8-12/h3-8,15H,9-11,19H2,1-2H3. The number of halogens is 1. The first kappa shape index (κ1) is 13.7. The number of nitrogens with two attached hydrogens (primary N) is 1. The smallest absolute Gasteiger partial charge is 0.0473 e. The van der Waals surface area contributed by atoms with Crippen LogP contribution < -0.4 is 5.73 Å². The van der Waals surface area contributed by atoms with Gasteiger partial charge >= 0.3 is 0 Å². The van der Waals surface area contributed by atoms with Gasteiger partial charge < -0.3 is 10.3 Å². The van der Waals surface area contributed by atoms with Crippen molar-refractivity contribution in [3.8, 4) is 0 Å². The molecule has 0 fully saturated rings. The van der Waals surface area contributed by atoms with Crippen LogP contribution in [-0.2, 0) is 13.0 Å². The van der Waals surface area contributed by atoms with Crippen molar-refractivity contribution in [2.24, 2.45) is 11.1 Å². The third kappa shape index (κ3) is 2.63. The quantitative estimate of drug-likeness (QED) is 0.884. The summed E-state index contributed by atoms with van der Waals surface area (Å²) in [6.07, 6.45) is 4.30. The summed E-state index contributed by atoms with van der Waals surface area (Å²) in [5.41, 5.74) is 10.5. The number of hydrogen-bond acceptors (Lipinski definition) is 1. The number of nitrogens with zero attached hydrogens (tertiary/aromatic N) is 1. The Morgan fingerprint density at radius 1 is 1.35 bits per heavy atom. The van der Waals surface area contributed by atoms with Crippen molar-refractivity contribution >= 4 is 11.6 Å². The fraction of sp³-hybridized carbons (Fsp3) is 0.412. The van der Waals surface area contributed by atoms with Gasteiger partial charge in [0.15, 0.2) is 0 Å². The summed E-state index contributed by atoms with van der Waals surface area (Å²) < 4.78 is 2.32. The highest BCUT2D eigenvalue weighted by molar-refractivity contribution is 6.30. The van der Waals surface area contributed by atoms with Crippen LogP contribution in [0.2, 0.25) is 5.02 Å². The molecule has 0 bridgehead atoms. The summed E-state index contributed by atoms with van der Waals surface area (Å²) in [6.45, 7) is 5.46. The highest BCUT2D eigenvalue weighted by Crippen LogP contribution is 2.40. The number of benzene rings is 1. The van der Waals surface area contributed by atoms with Crippen LogP contribution in [0.5, 0.6) is 0 Å². The van der Waals surface area contributed by atoms with E-state index in [4.69, 9.17) is 17.3 Å². The second-order valence-corrected chi connectivity index (χ2v) is 7.06. The van der Waals surface area contributed by atoms with Gasteiger partial charge in [-0.05, 0) is 47.6 Å². The van der Waals surface area contributed by atoms with Gasteiger partial charge in [0.05, 0.1) is 0 Å². The molecule has 0 amide bonds. The molecule has 1 aromatic carbocycles. The van der Waals surface area contributed by atoms with Gasteiger partial charge in [-0.3, -0.25) is 0 Å². The highest BCUT2D eigenvalue weighted by Gasteiger charge is 2.32. The molecule has 0 aliphatic heterocycles. The lowest BCUT2D eigenvalue weighted by Gasteiger charge is -2.34. The summed E-state index contributed by atoms with van der Waals surface area (Å²) in [5, 5.41) is 0.792. The van der Waals surface area contributed by atoms with Crippen LogP contribution in [0.1, 0.15) is 43.1 Å². The number of fused-ring (bicyclic) bond motifs is 1. The summed E-state index contributed by atoms with van der Waals surface area (Å²) in [7, 11) is 0. The Hall–Kier alpha value is -1.25. The molecule has 1 aliphatic carbocycles. The topological polar surface area (TPSA) is 30.9 Å². The van der Waals surface area contributed by atoms with Crippen LogP contribution in [0.3, 0.4) is 0 Å². The predicted octanol–water partition coefficient (Wildman–Crippen LogP) is 4.16. The summed E-state index contributed by atoms with van der Waals surface area (Å²) in [5.74, 6) is 0. The van der Waals surface area contributed by atoms with Gasteiger partial charge in [-0.1, -0.05) is 37.6 Å². The molecule has 2 N–H and O–H groups in total. The van der Waals surface area contributed by atoms with Crippen molar-refractivity contribution in [1.29, 1.82) is 0 Å². The van der Waals surface area contributed by atoms with Gasteiger partial charge in [0, 0.05) is 29.5 Å². The fourth-order valence-corrected chi connectivity index (χ4v) is 3.49. The van der Waals surface area contributed by atoms with Gasteiger partial charge in [0.25, 0.3) is 0 Å². The Labute approximate surface area is 125 Å². The van der Waals surface area contributed by atoms with Crippen LogP contribution in [-0.4, -0.2) is 4.57 Å². The van der Waals surface area contributed by atoms with Crippen molar-refractivity contribution in [3.05, 3.63) is 58.4 Å². The molecule has 2 aromatic rings. The molecule has 20 heavy (non-hydrogen) atoms. The molecule has 1 heterocycles. The molecule has 1 aromatic heterocycles. The second kappa shape index (κ2) is 4.94. The van der Waals surface area contributed by atoms with Crippen LogP contribution in [0, 0.1) is 5.41 Å². The van der Waals surface area contributed by atoms with Crippen molar-refractivity contribution in [2.75, 3.05) is 0 Å². The van der Waals surface area contributed by atoms with Crippen molar-refractivity contribution in [1.82, 2.24) is 4.57 Å². The van der Waals surface area contributed by atoms with Gasteiger partial charge in [-0.2, -0.15) is 0 Å². The van der Waals surface area contributed by atoms with Crippen LogP contribution in [0.15, 0.2) is 36.5 Å². The number of rotatable bonds is 2. The predicted molar refractivity (Wildman–Crippen MR) is 84.0 cm³/mol. The molecule has 0 saturated carbocycles. The van der Waals surface area contributed by atoms with Gasteiger partial charge in [0.2, 0.25) is 0 Å². The first-order valence-electron chi connectivity index (χ1n) is 7.12. The number of aromatic nitrogens is 1. The zero-order valence-electron chi connectivity index (χ0n) is 12.1. The van der Waals surface area contributed by atoms with Crippen molar-refractivity contribution in [3.63, 3.8) is 0 Å². The van der Waals surface area contributed by atoms with Crippen LogP contribution in [0.25, 0.3) is 0 Å². The molecule has 0 radical (unpaired) electrons. The minimum absolute atomic E-state index is 0.161. The second-order valence-electron chi connectivity index (χ2n) is 6.63. The molecule has 1 atom stereocenters. The Balaban J connectivity index is 1.93. The maximum Gasteiger partial charge on any atom is 0.0473 e. The fourth-order valence-electron chi connectivity index (χ4n) is 3.27. The summed E-state index contributed by atoms with van der Waals surface area (Å²) in [6, 6.07) is 10.4. The summed E-state index contributed by atoms with van der Waals surface area (Å²) >= 11 is 6.07. The van der Waals surface area contributed by atoms with E-state index >= 15 is 0 Å². The van der Waals surface area contributed by atoms with Crippen LogP contribution >= 0.6 is 11.6 Å². The van der Waals surface area contributed by atoms with Gasteiger partial charge in [-0.25, -0.2) is 0 Å². The molecule has 3 heteroatoms. The first-order valence-corrected chi connectivity index (χ1v) is 7.50. The largest absolute Gasteiger partial charge is 0.347 e. The lowest BCUT2D eigenvalue weighted by molar-refractivity contribution is 0.276. The lowest BCUT2D eigenvalue weighted by atomic mass is 9.74. The molecule has 0 spiro atoms. The van der Waals surface area contributed by atoms with Gasteiger partial charge in [-0.15, -0.1) is 0 Å². The van der Waals surface area contributed by atoms with E-state index in [9.17, 15) is 0 Å². The maximum atomic E-state index is 6.32. The third-order valence-corrected chi connectivity index (χ3v) is 4.41. The van der Waals surface area contributed by atoms with Gasteiger partial charge in [0.1, 0.15) is 0 Å². The highest BCUT2D eigenvalue weighted by atomic mass is 35.5. The maximum absolute atomic E-state index is 6.32. The van der Waals surface area contributed by atoms with E-state index in [1.807, 2.05) is 18.2 Å². The molecular weight excluding hydrogens is 268 g/mol. The van der Waals surface area contributed by atoms with E-state index in [1.54, 1.807) is 0 Å². The number of hydrogen-bond donors (Lipinski definition) is 1. The van der Waals surface area contributed by atoms with E-state index in [2.05, 4.69) is 36.7 Å². The van der Waals surface area contributed by atoms with E-state index in [0.29, 0.717) is 0 Å². The first-order chi connectivity index (χ1) is 9.44. The zero-order chi connectivity index (χ0) is 14.3. The average molecular weight is 289 g/mol. The SMILES string of the molecule is CC1(C)Cc2c(ccn2Cc2cccc(Cl)c2)C(N)C1. The zero-order valence-corrected chi connectivity index (χ0v) is 12.8. The van der Waals surface area contributed by atoms with E-state index < -0.39 is 0 Å². The van der Waals surface area contributed by atoms with E-state index in [-0.39, 0.29) is 11.5 Å². The minimum Gasteiger partial charge on any atom is -0.347 e. The average Bonchev–Trinajstić information content (AvgIpc) is 2.71. The monoisotopic (exact) mass is 288 g/mol. The lowest BCUT2D eigenvalue weighted by Crippen LogP contribution is -2.30. The van der Waals surface area contributed by atoms with Crippen molar-refractivity contribution < 1.29 is 0 Å². The minimum atomic E-state index is 0.161. The normalized spacial score (nSPS) is 20.7. The molecule has 2 nitrogen and oxygen atoms in total.